The highest BCUT2D eigenvalue weighted by atomic mass is 35.5. The average Bonchev–Trinajstić information content (AvgIpc) is 2.38. The normalized spacial score (nSPS) is 22.0. The molecule has 0 bridgehead atoms. The molecule has 1 atom stereocenters. The molecule has 0 amide bonds. The Kier molecular flexibility index (Phi) is 3.34. The molecule has 0 aliphatic heterocycles. The molecule has 0 fully saturated rings. The maximum absolute atomic E-state index is 10.8. The first-order valence-electron chi connectivity index (χ1n) is 6.68. The molecule has 0 radical (unpaired) electrons. The fourth-order valence-corrected chi connectivity index (χ4v) is 3.17. The van der Waals surface area contributed by atoms with Crippen LogP contribution < -0.4 is 0 Å². The molecule has 1 aliphatic rings. The van der Waals surface area contributed by atoms with Gasteiger partial charge in [0.25, 0.3) is 0 Å². The topological polar surface area (TPSA) is 20.2 Å². The summed E-state index contributed by atoms with van der Waals surface area (Å²) < 4.78 is 0. The van der Waals surface area contributed by atoms with Crippen LogP contribution in [0.5, 0.6) is 0 Å². The minimum Gasteiger partial charge on any atom is -0.389 e. The molecule has 1 nitrogen and oxygen atoms in total. The quantitative estimate of drug-likeness (QED) is 0.882. The minimum absolute atomic E-state index is 0.640. The van der Waals surface area contributed by atoms with E-state index in [1.54, 1.807) is 0 Å². The van der Waals surface area contributed by atoms with Crippen molar-refractivity contribution in [2.75, 3.05) is 0 Å². The number of fused-ring (bicyclic) bond motifs is 1. The highest BCUT2D eigenvalue weighted by Gasteiger charge is 2.31. The van der Waals surface area contributed by atoms with Crippen LogP contribution in [0.15, 0.2) is 48.5 Å². The third kappa shape index (κ3) is 2.83. The summed E-state index contributed by atoms with van der Waals surface area (Å²) in [5, 5.41) is 11.6. The summed E-state index contributed by atoms with van der Waals surface area (Å²) in [5.41, 5.74) is 3.12. The summed E-state index contributed by atoms with van der Waals surface area (Å²) in [7, 11) is 0. The van der Waals surface area contributed by atoms with E-state index in [1.165, 1.54) is 11.1 Å². The van der Waals surface area contributed by atoms with Crippen LogP contribution >= 0.6 is 11.6 Å². The van der Waals surface area contributed by atoms with Crippen LogP contribution in [0.25, 0.3) is 0 Å². The van der Waals surface area contributed by atoms with Crippen LogP contribution in [0.1, 0.15) is 23.1 Å². The number of benzene rings is 2. The van der Waals surface area contributed by atoms with Crippen LogP contribution in [0.3, 0.4) is 0 Å². The summed E-state index contributed by atoms with van der Waals surface area (Å²) in [4.78, 5) is 0. The monoisotopic (exact) mass is 272 g/mol. The molecule has 1 aliphatic carbocycles. The van der Waals surface area contributed by atoms with Crippen LogP contribution in [0.4, 0.5) is 0 Å². The molecular weight excluding hydrogens is 256 g/mol. The van der Waals surface area contributed by atoms with Gasteiger partial charge in [0, 0.05) is 17.9 Å². The molecular formula is C17H17ClO. The summed E-state index contributed by atoms with van der Waals surface area (Å²) in [6, 6.07) is 16.2. The van der Waals surface area contributed by atoms with E-state index in [9.17, 15) is 5.11 Å². The van der Waals surface area contributed by atoms with Gasteiger partial charge in [-0.3, -0.25) is 0 Å². The van der Waals surface area contributed by atoms with Gasteiger partial charge in [0.15, 0.2) is 0 Å². The number of hydrogen-bond acceptors (Lipinski definition) is 1. The van der Waals surface area contributed by atoms with Gasteiger partial charge >= 0.3 is 0 Å². The van der Waals surface area contributed by atoms with Crippen molar-refractivity contribution in [1.82, 2.24) is 0 Å². The van der Waals surface area contributed by atoms with E-state index in [2.05, 4.69) is 18.2 Å². The number of aliphatic hydroxyl groups is 1. The molecule has 0 aromatic heterocycles. The van der Waals surface area contributed by atoms with E-state index in [0.29, 0.717) is 6.42 Å². The number of rotatable bonds is 2. The van der Waals surface area contributed by atoms with Crippen molar-refractivity contribution in [3.8, 4) is 0 Å². The first kappa shape index (κ1) is 12.7. The molecule has 0 saturated carbocycles. The Bertz CT molecular complexity index is 593. The van der Waals surface area contributed by atoms with E-state index in [4.69, 9.17) is 11.6 Å². The van der Waals surface area contributed by atoms with E-state index >= 15 is 0 Å². The molecule has 2 aromatic rings. The molecule has 2 aromatic carbocycles. The first-order chi connectivity index (χ1) is 9.15. The van der Waals surface area contributed by atoms with Crippen LogP contribution in [-0.4, -0.2) is 10.7 Å². The lowest BCUT2D eigenvalue weighted by atomic mass is 9.77. The van der Waals surface area contributed by atoms with Gasteiger partial charge in [0.05, 0.1) is 5.60 Å². The summed E-state index contributed by atoms with van der Waals surface area (Å²) in [5.74, 6) is 0. The maximum Gasteiger partial charge on any atom is 0.0731 e. The standard InChI is InChI=1S/C17H17ClO/c18-16-7-3-4-13(10-16)11-17(19)9-8-14-5-1-2-6-15(14)12-17/h1-7,10,19H,8-9,11-12H2. The van der Waals surface area contributed by atoms with Gasteiger partial charge in [-0.25, -0.2) is 0 Å². The Hall–Kier alpha value is -1.31. The second kappa shape index (κ2) is 4.99. The third-order valence-electron chi connectivity index (χ3n) is 3.92. The smallest absolute Gasteiger partial charge is 0.0731 e. The lowest BCUT2D eigenvalue weighted by molar-refractivity contribution is 0.0267. The zero-order valence-electron chi connectivity index (χ0n) is 10.8. The number of halogens is 1. The van der Waals surface area contributed by atoms with Crippen LogP contribution in [0, 0.1) is 0 Å². The van der Waals surface area contributed by atoms with Gasteiger partial charge < -0.3 is 5.11 Å². The van der Waals surface area contributed by atoms with E-state index in [-0.39, 0.29) is 0 Å². The predicted octanol–water partition coefficient (Wildman–Crippen LogP) is 3.80. The Morgan fingerprint density at radius 1 is 1.05 bits per heavy atom. The molecule has 19 heavy (non-hydrogen) atoms. The molecule has 1 unspecified atom stereocenters. The Morgan fingerprint density at radius 3 is 2.63 bits per heavy atom. The van der Waals surface area contributed by atoms with Crippen molar-refractivity contribution in [1.29, 1.82) is 0 Å². The van der Waals surface area contributed by atoms with E-state index < -0.39 is 5.60 Å². The van der Waals surface area contributed by atoms with Crippen molar-refractivity contribution in [3.63, 3.8) is 0 Å². The highest BCUT2D eigenvalue weighted by molar-refractivity contribution is 6.30. The molecule has 0 heterocycles. The summed E-state index contributed by atoms with van der Waals surface area (Å²) in [6.45, 7) is 0. The maximum atomic E-state index is 10.8. The van der Waals surface area contributed by atoms with Crippen molar-refractivity contribution in [3.05, 3.63) is 70.2 Å². The third-order valence-corrected chi connectivity index (χ3v) is 4.15. The van der Waals surface area contributed by atoms with Gasteiger partial charge in [-0.1, -0.05) is 48.0 Å². The van der Waals surface area contributed by atoms with Crippen LogP contribution in [0.2, 0.25) is 5.02 Å². The van der Waals surface area contributed by atoms with Gasteiger partial charge in [0.2, 0.25) is 0 Å². The number of aryl methyl sites for hydroxylation is 1. The fourth-order valence-electron chi connectivity index (χ4n) is 2.96. The van der Waals surface area contributed by atoms with Crippen molar-refractivity contribution >= 4 is 11.6 Å². The lowest BCUT2D eigenvalue weighted by Gasteiger charge is -2.33. The van der Waals surface area contributed by atoms with Crippen molar-refractivity contribution in [2.45, 2.75) is 31.3 Å². The zero-order valence-corrected chi connectivity index (χ0v) is 11.5. The van der Waals surface area contributed by atoms with Crippen molar-refractivity contribution in [2.24, 2.45) is 0 Å². The van der Waals surface area contributed by atoms with Crippen molar-refractivity contribution < 1.29 is 5.11 Å². The molecule has 0 saturated heterocycles. The fraction of sp³-hybridized carbons (Fsp3) is 0.294. The first-order valence-corrected chi connectivity index (χ1v) is 7.06. The Balaban J connectivity index is 1.82. The molecule has 3 rings (SSSR count). The largest absolute Gasteiger partial charge is 0.389 e. The Morgan fingerprint density at radius 2 is 1.84 bits per heavy atom. The minimum atomic E-state index is -0.640. The molecule has 1 N–H and O–H groups in total. The molecule has 2 heteroatoms. The summed E-state index contributed by atoms with van der Waals surface area (Å²) >= 11 is 6.01. The summed E-state index contributed by atoms with van der Waals surface area (Å²) in [6.07, 6.45) is 3.17. The molecule has 0 spiro atoms. The van der Waals surface area contributed by atoms with Crippen LogP contribution in [-0.2, 0) is 19.3 Å². The predicted molar refractivity (Wildman–Crippen MR) is 78.6 cm³/mol. The lowest BCUT2D eigenvalue weighted by Crippen LogP contribution is -2.38. The Labute approximate surface area is 118 Å². The SMILES string of the molecule is OC1(Cc2cccc(Cl)c2)CCc2ccccc2C1. The van der Waals surface area contributed by atoms with Gasteiger partial charge in [-0.05, 0) is 41.7 Å². The average molecular weight is 273 g/mol. The second-order valence-electron chi connectivity index (χ2n) is 5.48. The number of hydrogen-bond donors (Lipinski definition) is 1. The van der Waals surface area contributed by atoms with E-state index in [1.807, 2.05) is 30.3 Å². The second-order valence-corrected chi connectivity index (χ2v) is 5.91. The van der Waals surface area contributed by atoms with Gasteiger partial charge in [-0.2, -0.15) is 0 Å². The van der Waals surface area contributed by atoms with E-state index in [0.717, 1.165) is 29.8 Å². The van der Waals surface area contributed by atoms with Gasteiger partial charge in [-0.15, -0.1) is 0 Å². The highest BCUT2D eigenvalue weighted by Crippen LogP contribution is 2.31. The molecule has 98 valence electrons. The zero-order chi connectivity index (χ0) is 13.3. The van der Waals surface area contributed by atoms with Gasteiger partial charge in [0.1, 0.15) is 0 Å².